The monoisotopic (exact) mass is 403 g/mol. The van der Waals surface area contributed by atoms with E-state index in [1.807, 2.05) is 0 Å². The van der Waals surface area contributed by atoms with E-state index in [0.717, 1.165) is 0 Å². The minimum absolute atomic E-state index is 0.652. The predicted molar refractivity (Wildman–Crippen MR) is 74.7 cm³/mol. The van der Waals surface area contributed by atoms with Gasteiger partial charge in [-0.3, -0.25) is 4.57 Å². The Bertz CT molecular complexity index is 564. The molecule has 0 amide bonds. The van der Waals surface area contributed by atoms with Gasteiger partial charge >= 0.3 is 0 Å². The van der Waals surface area contributed by atoms with Gasteiger partial charge in [-0.15, -0.1) is 0 Å². The molecule has 3 rings (SSSR count). The summed E-state index contributed by atoms with van der Waals surface area (Å²) in [4.78, 5) is 11.6. The van der Waals surface area contributed by atoms with E-state index in [4.69, 9.17) is 14.0 Å². The maximum atomic E-state index is 11.6. The van der Waals surface area contributed by atoms with E-state index < -0.39 is 81.7 Å². The van der Waals surface area contributed by atoms with Gasteiger partial charge in [-0.2, -0.15) is 0 Å². The Morgan fingerprint density at radius 2 is 1.58 bits per heavy atom. The van der Waals surface area contributed by atoms with Crippen LogP contribution < -0.4 is 10.6 Å². The van der Waals surface area contributed by atoms with Crippen molar-refractivity contribution < 1.29 is 64.4 Å². The maximum Gasteiger partial charge on any atom is 0.268 e. The van der Waals surface area contributed by atoms with Gasteiger partial charge < -0.3 is 59.8 Å². The molecular weight excluding hydrogens is 381 g/mol. The minimum atomic E-state index is -4.78. The first-order valence-electron chi connectivity index (χ1n) is 7.90. The highest BCUT2D eigenvalue weighted by molar-refractivity contribution is 7.46. The number of phosphoric acid groups is 1. The number of hydrogen-bond donors (Lipinski definition) is 7. The Balaban J connectivity index is 1.81. The number of hydrogen-bond acceptors (Lipinski definition) is 12. The van der Waals surface area contributed by atoms with Crippen LogP contribution in [0, 0.1) is 0 Å². The van der Waals surface area contributed by atoms with Crippen molar-refractivity contribution in [1.82, 2.24) is 0 Å². The number of aliphatic hydroxyl groups is 6. The third-order valence-corrected chi connectivity index (χ3v) is 5.82. The SMILES string of the molecule is [NH3+]C1C(OC2C(O)C(O)C(O)C3OP(=O)([O-])OC23)OC(CO)C(O)C1O. The third-order valence-electron chi connectivity index (χ3n) is 4.82. The Kier molecular flexibility index (Phi) is 5.75. The summed E-state index contributed by atoms with van der Waals surface area (Å²) in [6, 6.07) is -1.08. The van der Waals surface area contributed by atoms with Crippen LogP contribution in [0.5, 0.6) is 0 Å². The molecule has 12 unspecified atom stereocenters. The summed E-state index contributed by atoms with van der Waals surface area (Å²) < 4.78 is 31.7. The standard InChI is InChI=1S/C12H22NO12P/c13-3-5(16)4(15)2(1-14)22-12(3)23-9-7(18)6(17)8(19)10-11(9)25-26(20,21)24-10/h2-12,14-19H,1,13H2,(H,20,21). The number of fused-ring (bicyclic) bond motifs is 1. The molecule has 0 bridgehead atoms. The van der Waals surface area contributed by atoms with Crippen LogP contribution in [0.25, 0.3) is 0 Å². The van der Waals surface area contributed by atoms with Crippen molar-refractivity contribution >= 4 is 7.82 Å². The molecule has 3 fully saturated rings. The summed E-state index contributed by atoms with van der Waals surface area (Å²) in [5.41, 5.74) is 3.59. The highest BCUT2D eigenvalue weighted by atomic mass is 31.2. The highest BCUT2D eigenvalue weighted by Crippen LogP contribution is 2.53. The van der Waals surface area contributed by atoms with Crippen molar-refractivity contribution in [3.8, 4) is 0 Å². The first-order valence-corrected chi connectivity index (χ1v) is 9.36. The lowest BCUT2D eigenvalue weighted by Gasteiger charge is -2.44. The number of ether oxygens (including phenoxy) is 2. The molecule has 3 aliphatic rings. The lowest BCUT2D eigenvalue weighted by Crippen LogP contribution is -2.79. The molecule has 0 aromatic carbocycles. The van der Waals surface area contributed by atoms with E-state index >= 15 is 0 Å². The van der Waals surface area contributed by atoms with Crippen LogP contribution >= 0.6 is 7.82 Å². The molecule has 2 heterocycles. The van der Waals surface area contributed by atoms with E-state index in [2.05, 4.69) is 10.3 Å². The van der Waals surface area contributed by atoms with E-state index in [1.54, 1.807) is 0 Å². The highest BCUT2D eigenvalue weighted by Gasteiger charge is 2.59. The molecule has 0 aromatic heterocycles. The van der Waals surface area contributed by atoms with Crippen LogP contribution in [-0.4, -0.2) is 105 Å². The van der Waals surface area contributed by atoms with Crippen LogP contribution in [0.4, 0.5) is 0 Å². The van der Waals surface area contributed by atoms with Crippen molar-refractivity contribution in [3.05, 3.63) is 0 Å². The Labute approximate surface area is 147 Å². The summed E-state index contributed by atoms with van der Waals surface area (Å²) >= 11 is 0. The number of quaternary nitrogens is 1. The molecule has 2 saturated heterocycles. The molecule has 13 nitrogen and oxygen atoms in total. The van der Waals surface area contributed by atoms with Gasteiger partial charge in [0.15, 0.2) is 6.04 Å². The summed E-state index contributed by atoms with van der Waals surface area (Å²) in [5.74, 6) is 0. The number of phosphoric ester groups is 1. The second kappa shape index (κ2) is 7.29. The maximum absolute atomic E-state index is 11.6. The van der Waals surface area contributed by atoms with Gasteiger partial charge in [-0.05, 0) is 0 Å². The molecule has 26 heavy (non-hydrogen) atoms. The molecule has 9 N–H and O–H groups in total. The van der Waals surface area contributed by atoms with Crippen LogP contribution in [0.2, 0.25) is 0 Å². The van der Waals surface area contributed by atoms with Crippen molar-refractivity contribution in [2.75, 3.05) is 6.61 Å². The zero-order valence-corrected chi connectivity index (χ0v) is 14.2. The first kappa shape index (κ1) is 20.5. The molecule has 0 radical (unpaired) electrons. The smallest absolute Gasteiger partial charge is 0.268 e. The molecule has 152 valence electrons. The average Bonchev–Trinajstić information content (AvgIpc) is 2.92. The summed E-state index contributed by atoms with van der Waals surface area (Å²) in [6.45, 7) is -0.652. The third kappa shape index (κ3) is 3.44. The topological polar surface area (TPSA) is 226 Å². The average molecular weight is 403 g/mol. The second-order valence-corrected chi connectivity index (χ2v) is 7.85. The second-order valence-electron chi connectivity index (χ2n) is 6.53. The van der Waals surface area contributed by atoms with Crippen molar-refractivity contribution in [2.24, 2.45) is 0 Å². The molecule has 14 heteroatoms. The molecule has 2 aliphatic heterocycles. The zero-order chi connectivity index (χ0) is 19.4. The lowest BCUT2D eigenvalue weighted by molar-refractivity contribution is -0.506. The predicted octanol–water partition coefficient (Wildman–Crippen LogP) is -6.23. The van der Waals surface area contributed by atoms with Crippen LogP contribution in [0.3, 0.4) is 0 Å². The molecule has 0 aromatic rings. The summed E-state index contributed by atoms with van der Waals surface area (Å²) in [5, 5.41) is 59.0. The van der Waals surface area contributed by atoms with Crippen molar-refractivity contribution in [1.29, 1.82) is 0 Å². The van der Waals surface area contributed by atoms with Crippen molar-refractivity contribution in [2.45, 2.75) is 67.3 Å². The van der Waals surface area contributed by atoms with Crippen molar-refractivity contribution in [3.63, 3.8) is 0 Å². The fourth-order valence-electron chi connectivity index (χ4n) is 3.32. The van der Waals surface area contributed by atoms with Crippen LogP contribution in [0.1, 0.15) is 0 Å². The number of aliphatic hydroxyl groups excluding tert-OH is 6. The molecule has 0 spiro atoms. The molecular formula is C12H22NO12P. The first-order chi connectivity index (χ1) is 12.1. The number of rotatable bonds is 3. The molecule has 1 aliphatic carbocycles. The van der Waals surface area contributed by atoms with Gasteiger partial charge in [0, 0.05) is 0 Å². The van der Waals surface area contributed by atoms with Gasteiger partial charge in [0.2, 0.25) is 6.29 Å². The Morgan fingerprint density at radius 3 is 2.19 bits per heavy atom. The quantitative estimate of drug-likeness (QED) is 0.218. The van der Waals surface area contributed by atoms with Crippen LogP contribution in [0.15, 0.2) is 0 Å². The van der Waals surface area contributed by atoms with Gasteiger partial charge in [0.05, 0.1) is 6.61 Å². The van der Waals surface area contributed by atoms with Crippen LogP contribution in [-0.2, 0) is 23.1 Å². The Morgan fingerprint density at radius 1 is 0.962 bits per heavy atom. The van der Waals surface area contributed by atoms with Gasteiger partial charge in [0.1, 0.15) is 54.9 Å². The van der Waals surface area contributed by atoms with E-state index in [1.165, 1.54) is 0 Å². The lowest BCUT2D eigenvalue weighted by atomic mass is 9.84. The van der Waals surface area contributed by atoms with E-state index in [0.29, 0.717) is 0 Å². The van der Waals surface area contributed by atoms with Gasteiger partial charge in [-0.25, -0.2) is 0 Å². The summed E-state index contributed by atoms with van der Waals surface area (Å²) in [6.07, 6.45) is -15.3. The van der Waals surface area contributed by atoms with E-state index in [9.17, 15) is 40.1 Å². The summed E-state index contributed by atoms with van der Waals surface area (Å²) in [7, 11) is -4.78. The zero-order valence-electron chi connectivity index (χ0n) is 13.3. The largest absolute Gasteiger partial charge is 0.756 e. The van der Waals surface area contributed by atoms with E-state index in [-0.39, 0.29) is 0 Å². The van der Waals surface area contributed by atoms with Gasteiger partial charge in [-0.1, -0.05) is 0 Å². The molecule has 12 atom stereocenters. The Hall–Kier alpha value is -0.250. The fraction of sp³-hybridized carbons (Fsp3) is 1.00. The molecule has 1 saturated carbocycles. The minimum Gasteiger partial charge on any atom is -0.756 e. The normalized spacial score (nSPS) is 57.8. The fourth-order valence-corrected chi connectivity index (χ4v) is 4.45. The van der Waals surface area contributed by atoms with Gasteiger partial charge in [0.25, 0.3) is 7.82 Å².